The molecule has 5 N–H and O–H groups in total. The second kappa shape index (κ2) is 9.19. The molecule has 10 nitrogen and oxygen atoms in total. The molecule has 0 aliphatic heterocycles. The Morgan fingerprint density at radius 3 is 1.94 bits per heavy atom. The molecule has 0 fully saturated rings. The van der Waals surface area contributed by atoms with E-state index in [1.54, 1.807) is 6.20 Å². The topological polar surface area (TPSA) is 172 Å². The number of amides is 1. The van der Waals surface area contributed by atoms with Crippen molar-refractivity contribution in [2.45, 2.75) is 38.0 Å². The minimum absolute atomic E-state index is 0.218. The summed E-state index contributed by atoms with van der Waals surface area (Å²) in [6, 6.07) is 0. The predicted molar refractivity (Wildman–Crippen MR) is 92.2 cm³/mol. The maximum absolute atomic E-state index is 11.4. The Hall–Kier alpha value is -3.72. The van der Waals surface area contributed by atoms with Crippen molar-refractivity contribution in [2.75, 3.05) is 0 Å². The quantitative estimate of drug-likeness (QED) is 0.458. The average molecular weight is 471 g/mol. The van der Waals surface area contributed by atoms with Crippen LogP contribution in [-0.4, -0.2) is 60.6 Å². The average Bonchev–Trinajstić information content (AvgIpc) is 3.08. The van der Waals surface area contributed by atoms with Crippen molar-refractivity contribution in [3.63, 3.8) is 0 Å². The van der Waals surface area contributed by atoms with Gasteiger partial charge in [0.15, 0.2) is 5.69 Å². The highest BCUT2D eigenvalue weighted by Gasteiger charge is 2.39. The fourth-order valence-corrected chi connectivity index (χ4v) is 2.63. The molecule has 1 aliphatic rings. The van der Waals surface area contributed by atoms with Gasteiger partial charge in [-0.05, 0) is 17.4 Å². The number of carbonyl (C=O) groups is 3. The molecule has 0 aromatic carbocycles. The van der Waals surface area contributed by atoms with Crippen LogP contribution >= 0.6 is 0 Å². The maximum atomic E-state index is 11.4. The Bertz CT molecular complexity index is 991. The number of fused-ring (bicyclic) bond motifs is 3. The summed E-state index contributed by atoms with van der Waals surface area (Å²) in [7, 11) is 0. The number of aromatic amines is 1. The van der Waals surface area contributed by atoms with Crippen LogP contribution in [0.5, 0.6) is 0 Å². The van der Waals surface area contributed by atoms with Crippen molar-refractivity contribution in [3.8, 4) is 11.4 Å². The number of rotatable bonds is 1. The maximum Gasteiger partial charge on any atom is 0.490 e. The molecule has 0 atom stereocenters. The third-order valence-electron chi connectivity index (χ3n) is 3.82. The van der Waals surface area contributed by atoms with Crippen LogP contribution in [0.15, 0.2) is 12.5 Å². The number of aromatic nitrogens is 4. The minimum atomic E-state index is -5.08. The van der Waals surface area contributed by atoms with Crippen LogP contribution in [0.2, 0.25) is 0 Å². The molecule has 1 aliphatic carbocycles. The first-order valence-electron chi connectivity index (χ1n) is 8.17. The molecular weight excluding hydrogens is 456 g/mol. The number of nitrogens with one attached hydrogen (secondary N) is 1. The van der Waals surface area contributed by atoms with Gasteiger partial charge in [0.1, 0.15) is 6.33 Å². The first kappa shape index (κ1) is 26.3. The summed E-state index contributed by atoms with van der Waals surface area (Å²) >= 11 is 0. The summed E-state index contributed by atoms with van der Waals surface area (Å²) in [4.78, 5) is 37.5. The van der Waals surface area contributed by atoms with Crippen LogP contribution in [0.1, 0.15) is 35.5 Å². The lowest BCUT2D eigenvalue weighted by Gasteiger charge is -2.30. The molecule has 2 aromatic rings. The molecule has 3 rings (SSSR count). The van der Waals surface area contributed by atoms with Gasteiger partial charge < -0.3 is 15.9 Å². The molecule has 0 spiro atoms. The van der Waals surface area contributed by atoms with Crippen molar-refractivity contribution < 1.29 is 50.9 Å². The van der Waals surface area contributed by atoms with Crippen LogP contribution in [0.3, 0.4) is 0 Å². The first-order valence-corrected chi connectivity index (χ1v) is 8.17. The van der Waals surface area contributed by atoms with Crippen molar-refractivity contribution in [1.82, 2.24) is 20.2 Å². The Labute approximate surface area is 174 Å². The molecule has 32 heavy (non-hydrogen) atoms. The van der Waals surface area contributed by atoms with Crippen LogP contribution in [0.25, 0.3) is 11.4 Å². The van der Waals surface area contributed by atoms with E-state index in [1.165, 1.54) is 6.33 Å². The zero-order chi connectivity index (χ0) is 25.1. The summed E-state index contributed by atoms with van der Waals surface area (Å²) in [5, 5.41) is 21.2. The predicted octanol–water partition coefficient (Wildman–Crippen LogP) is 2.07. The fraction of sp³-hybridized carbons (Fsp3) is 0.375. The van der Waals surface area contributed by atoms with E-state index in [9.17, 15) is 31.1 Å². The molecule has 1 amide bonds. The van der Waals surface area contributed by atoms with Crippen molar-refractivity contribution >= 4 is 17.8 Å². The highest BCUT2D eigenvalue weighted by Crippen LogP contribution is 2.42. The molecule has 0 bridgehead atoms. The van der Waals surface area contributed by atoms with E-state index in [1.807, 2.05) is 0 Å². The molecule has 176 valence electrons. The summed E-state index contributed by atoms with van der Waals surface area (Å²) in [5.41, 5.74) is 8.94. The molecular formula is C16H15F6N5O5. The zero-order valence-corrected chi connectivity index (χ0v) is 16.2. The highest BCUT2D eigenvalue weighted by molar-refractivity contribution is 5.95. The fourth-order valence-electron chi connectivity index (χ4n) is 2.63. The Morgan fingerprint density at radius 1 is 1.06 bits per heavy atom. The van der Waals surface area contributed by atoms with Gasteiger partial charge in [-0.15, -0.1) is 0 Å². The van der Waals surface area contributed by atoms with Crippen LogP contribution in [0.4, 0.5) is 26.3 Å². The summed E-state index contributed by atoms with van der Waals surface area (Å²) in [6.07, 6.45) is -6.11. The van der Waals surface area contributed by atoms with Crippen molar-refractivity contribution in [2.24, 2.45) is 5.73 Å². The molecule has 0 saturated heterocycles. The van der Waals surface area contributed by atoms with Gasteiger partial charge in [0, 0.05) is 11.8 Å². The number of aliphatic carboxylic acids is 2. The second-order valence-corrected chi connectivity index (χ2v) is 6.75. The SMILES string of the molecule is CC1(C)Cc2cncnc2-c2[nH]nc(C(N)=O)c21.O=C(O)C(F)(F)F.O=C(O)C(F)(F)F. The van der Waals surface area contributed by atoms with Gasteiger partial charge in [0.05, 0.1) is 11.4 Å². The normalized spacial score (nSPS) is 13.9. The van der Waals surface area contributed by atoms with E-state index < -0.39 is 30.2 Å². The number of carboxylic acids is 2. The van der Waals surface area contributed by atoms with Gasteiger partial charge in [-0.3, -0.25) is 9.89 Å². The number of carbonyl (C=O) groups excluding carboxylic acids is 1. The standard InChI is InChI=1S/C12H13N5O.2C2HF3O2/c1-12(2)3-6-4-14-5-15-8(6)9-7(12)10(11(13)18)17-16-9;2*3-2(4,5)1(6)7/h4-5H,3H2,1-2H3,(H2,13,18)(H,16,17);2*(H,6,7). The number of carboxylic acid groups (broad SMARTS) is 2. The smallest absolute Gasteiger partial charge is 0.475 e. The van der Waals surface area contributed by atoms with E-state index in [0.29, 0.717) is 5.69 Å². The summed E-state index contributed by atoms with van der Waals surface area (Å²) in [6.45, 7) is 4.12. The van der Waals surface area contributed by atoms with E-state index in [0.717, 1.165) is 28.9 Å². The van der Waals surface area contributed by atoms with Crippen LogP contribution < -0.4 is 5.73 Å². The highest BCUT2D eigenvalue weighted by atomic mass is 19.4. The Morgan fingerprint density at radius 2 is 1.53 bits per heavy atom. The number of hydrogen-bond acceptors (Lipinski definition) is 6. The summed E-state index contributed by atoms with van der Waals surface area (Å²) < 4.78 is 63.5. The van der Waals surface area contributed by atoms with Crippen molar-refractivity contribution in [1.29, 1.82) is 0 Å². The molecule has 0 radical (unpaired) electrons. The van der Waals surface area contributed by atoms with Crippen LogP contribution in [0, 0.1) is 0 Å². The van der Waals surface area contributed by atoms with Crippen LogP contribution in [-0.2, 0) is 21.4 Å². The second-order valence-electron chi connectivity index (χ2n) is 6.75. The van der Waals surface area contributed by atoms with Crippen molar-refractivity contribution in [3.05, 3.63) is 29.3 Å². The number of halogens is 6. The number of primary amides is 1. The van der Waals surface area contributed by atoms with Gasteiger partial charge in [0.2, 0.25) is 0 Å². The third-order valence-corrected chi connectivity index (χ3v) is 3.82. The lowest BCUT2D eigenvalue weighted by atomic mass is 9.73. The Balaban J connectivity index is 0.000000305. The van der Waals surface area contributed by atoms with Gasteiger partial charge >= 0.3 is 24.3 Å². The van der Waals surface area contributed by atoms with Gasteiger partial charge in [0.25, 0.3) is 5.91 Å². The zero-order valence-electron chi connectivity index (χ0n) is 16.2. The number of nitrogens with two attached hydrogens (primary N) is 1. The Kier molecular flexibility index (Phi) is 7.56. The molecule has 0 saturated carbocycles. The van der Waals surface area contributed by atoms with E-state index in [2.05, 4.69) is 34.0 Å². The summed E-state index contributed by atoms with van der Waals surface area (Å²) in [5.74, 6) is -6.03. The lowest BCUT2D eigenvalue weighted by molar-refractivity contribution is -0.193. The molecule has 0 unspecified atom stereocenters. The molecule has 2 aromatic heterocycles. The minimum Gasteiger partial charge on any atom is -0.475 e. The third kappa shape index (κ3) is 6.39. The first-order chi connectivity index (χ1) is 14.4. The largest absolute Gasteiger partial charge is 0.490 e. The number of H-pyrrole nitrogens is 1. The van der Waals surface area contributed by atoms with Gasteiger partial charge in [-0.2, -0.15) is 31.4 Å². The van der Waals surface area contributed by atoms with E-state index >= 15 is 0 Å². The number of alkyl halides is 6. The lowest BCUT2D eigenvalue weighted by Crippen LogP contribution is -2.29. The van der Waals surface area contributed by atoms with Gasteiger partial charge in [-0.1, -0.05) is 13.8 Å². The van der Waals surface area contributed by atoms with E-state index in [4.69, 9.17) is 25.5 Å². The number of nitrogens with zero attached hydrogens (tertiary/aromatic N) is 3. The monoisotopic (exact) mass is 471 g/mol. The molecule has 16 heteroatoms. The van der Waals surface area contributed by atoms with E-state index in [-0.39, 0.29) is 5.41 Å². The molecule has 2 heterocycles. The number of hydrogen-bond donors (Lipinski definition) is 4. The van der Waals surface area contributed by atoms with Gasteiger partial charge in [-0.25, -0.2) is 19.6 Å².